The van der Waals surface area contributed by atoms with Gasteiger partial charge in [-0.3, -0.25) is 14.2 Å². The van der Waals surface area contributed by atoms with E-state index in [2.05, 4.69) is 5.32 Å². The van der Waals surface area contributed by atoms with Crippen LogP contribution >= 0.6 is 0 Å². The zero-order chi connectivity index (χ0) is 15.4. The van der Waals surface area contributed by atoms with E-state index in [4.69, 9.17) is 5.73 Å². The van der Waals surface area contributed by atoms with Gasteiger partial charge in [-0.1, -0.05) is 13.8 Å². The van der Waals surface area contributed by atoms with E-state index >= 15 is 0 Å². The molecule has 0 aliphatic carbocycles. The number of carbonyl (C=O) groups excluding carboxylic acids is 1. The van der Waals surface area contributed by atoms with Crippen LogP contribution in [0.15, 0.2) is 15.8 Å². The zero-order valence-electron chi connectivity index (χ0n) is 12.3. The lowest BCUT2D eigenvalue weighted by atomic mass is 10.1. The maximum absolute atomic E-state index is 12.0. The standard InChI is InChI=1S/C13H22N4O3/c1-5-16-6-10(14)12(19)17(13(16)20)7-11(18)15-9(4)8(2)3/h6,8-9H,5,7,14H2,1-4H3,(H,15,18). The molecule has 1 heterocycles. The Kier molecular flexibility index (Phi) is 5.12. The Morgan fingerprint density at radius 1 is 1.35 bits per heavy atom. The van der Waals surface area contributed by atoms with Gasteiger partial charge >= 0.3 is 5.69 Å². The molecular formula is C13H22N4O3. The third-order valence-corrected chi connectivity index (χ3v) is 3.29. The molecule has 0 saturated heterocycles. The first-order valence-corrected chi connectivity index (χ1v) is 6.67. The fraction of sp³-hybridized carbons (Fsp3) is 0.615. The van der Waals surface area contributed by atoms with Gasteiger partial charge in [0.05, 0.1) is 0 Å². The topological polar surface area (TPSA) is 99.1 Å². The number of amides is 1. The summed E-state index contributed by atoms with van der Waals surface area (Å²) in [6.45, 7) is 7.64. The SMILES string of the molecule is CCn1cc(N)c(=O)n(CC(=O)NC(C)C(C)C)c1=O. The fourth-order valence-corrected chi connectivity index (χ4v) is 1.65. The minimum Gasteiger partial charge on any atom is -0.393 e. The number of rotatable bonds is 5. The highest BCUT2D eigenvalue weighted by molar-refractivity contribution is 5.76. The monoisotopic (exact) mass is 282 g/mol. The molecule has 0 aliphatic rings. The third kappa shape index (κ3) is 3.49. The minimum atomic E-state index is -0.632. The van der Waals surface area contributed by atoms with Gasteiger partial charge in [-0.05, 0) is 19.8 Å². The van der Waals surface area contributed by atoms with Crippen LogP contribution in [0.1, 0.15) is 27.7 Å². The molecule has 20 heavy (non-hydrogen) atoms. The van der Waals surface area contributed by atoms with Crippen LogP contribution in [0.25, 0.3) is 0 Å². The van der Waals surface area contributed by atoms with Crippen LogP contribution in [0.3, 0.4) is 0 Å². The predicted molar refractivity (Wildman–Crippen MR) is 77.5 cm³/mol. The van der Waals surface area contributed by atoms with Crippen molar-refractivity contribution in [1.82, 2.24) is 14.5 Å². The summed E-state index contributed by atoms with van der Waals surface area (Å²) < 4.78 is 2.16. The first kappa shape index (κ1) is 16.0. The Morgan fingerprint density at radius 3 is 2.45 bits per heavy atom. The van der Waals surface area contributed by atoms with Crippen LogP contribution in [0, 0.1) is 5.92 Å². The van der Waals surface area contributed by atoms with Gasteiger partial charge in [-0.25, -0.2) is 9.36 Å². The highest BCUT2D eigenvalue weighted by Crippen LogP contribution is 1.99. The van der Waals surface area contributed by atoms with Gasteiger partial charge in [-0.15, -0.1) is 0 Å². The van der Waals surface area contributed by atoms with Gasteiger partial charge in [0.2, 0.25) is 5.91 Å². The number of nitrogens with one attached hydrogen (secondary N) is 1. The molecule has 0 aliphatic heterocycles. The second-order valence-electron chi connectivity index (χ2n) is 5.14. The average molecular weight is 282 g/mol. The van der Waals surface area contributed by atoms with Crippen molar-refractivity contribution >= 4 is 11.6 Å². The molecule has 0 saturated carbocycles. The highest BCUT2D eigenvalue weighted by atomic mass is 16.2. The van der Waals surface area contributed by atoms with Crippen LogP contribution < -0.4 is 22.3 Å². The van der Waals surface area contributed by atoms with Crippen LogP contribution in [-0.4, -0.2) is 21.1 Å². The number of hydrogen-bond donors (Lipinski definition) is 2. The first-order valence-electron chi connectivity index (χ1n) is 6.67. The lowest BCUT2D eigenvalue weighted by molar-refractivity contribution is -0.122. The van der Waals surface area contributed by atoms with E-state index in [0.29, 0.717) is 6.54 Å². The number of hydrogen-bond acceptors (Lipinski definition) is 4. The van der Waals surface area contributed by atoms with E-state index in [-0.39, 0.29) is 30.1 Å². The summed E-state index contributed by atoms with van der Waals surface area (Å²) >= 11 is 0. The summed E-state index contributed by atoms with van der Waals surface area (Å²) in [5.74, 6) is -0.109. The van der Waals surface area contributed by atoms with Crippen molar-refractivity contribution in [1.29, 1.82) is 0 Å². The molecule has 0 aromatic carbocycles. The zero-order valence-corrected chi connectivity index (χ0v) is 12.3. The Morgan fingerprint density at radius 2 is 1.95 bits per heavy atom. The number of carbonyl (C=O) groups is 1. The third-order valence-electron chi connectivity index (χ3n) is 3.29. The van der Waals surface area contributed by atoms with Crippen LogP contribution in [0.4, 0.5) is 5.69 Å². The lowest BCUT2D eigenvalue weighted by Gasteiger charge is -2.18. The summed E-state index contributed by atoms with van der Waals surface area (Å²) in [5, 5.41) is 2.75. The number of aryl methyl sites for hydroxylation is 1. The van der Waals surface area contributed by atoms with Crippen molar-refractivity contribution in [2.24, 2.45) is 5.92 Å². The second kappa shape index (κ2) is 6.40. The molecule has 0 spiro atoms. The van der Waals surface area contributed by atoms with E-state index in [1.165, 1.54) is 10.8 Å². The molecule has 1 unspecified atom stereocenters. The molecule has 1 atom stereocenters. The summed E-state index contributed by atoms with van der Waals surface area (Å²) in [4.78, 5) is 35.8. The summed E-state index contributed by atoms with van der Waals surface area (Å²) in [7, 11) is 0. The Hall–Kier alpha value is -2.05. The number of anilines is 1. The average Bonchev–Trinajstić information content (AvgIpc) is 2.38. The number of nitrogen functional groups attached to an aromatic ring is 1. The van der Waals surface area contributed by atoms with Crippen molar-refractivity contribution < 1.29 is 4.79 Å². The molecule has 3 N–H and O–H groups in total. The minimum absolute atomic E-state index is 0.0346. The molecule has 0 bridgehead atoms. The van der Waals surface area contributed by atoms with Gasteiger partial charge < -0.3 is 11.1 Å². The molecule has 7 nitrogen and oxygen atoms in total. The Labute approximate surface area is 117 Å². The maximum atomic E-state index is 12.0. The van der Waals surface area contributed by atoms with Crippen molar-refractivity contribution in [2.45, 2.75) is 46.8 Å². The van der Waals surface area contributed by atoms with E-state index in [1.807, 2.05) is 20.8 Å². The predicted octanol–water partition coefficient (Wildman–Crippen LogP) is -0.227. The van der Waals surface area contributed by atoms with Crippen LogP contribution in [-0.2, 0) is 17.9 Å². The molecule has 0 fully saturated rings. The van der Waals surface area contributed by atoms with E-state index in [1.54, 1.807) is 6.92 Å². The molecule has 1 rings (SSSR count). The van der Waals surface area contributed by atoms with Crippen LogP contribution in [0.2, 0.25) is 0 Å². The molecule has 1 aromatic heterocycles. The summed E-state index contributed by atoms with van der Waals surface area (Å²) in [6.07, 6.45) is 1.30. The van der Waals surface area contributed by atoms with E-state index in [0.717, 1.165) is 4.57 Å². The molecule has 7 heteroatoms. The quantitative estimate of drug-likeness (QED) is 0.779. The highest BCUT2D eigenvalue weighted by Gasteiger charge is 2.15. The maximum Gasteiger partial charge on any atom is 0.331 e. The smallest absolute Gasteiger partial charge is 0.331 e. The van der Waals surface area contributed by atoms with Crippen molar-refractivity contribution in [3.63, 3.8) is 0 Å². The fourth-order valence-electron chi connectivity index (χ4n) is 1.65. The molecule has 112 valence electrons. The van der Waals surface area contributed by atoms with Gasteiger partial charge in [0.1, 0.15) is 12.2 Å². The first-order chi connectivity index (χ1) is 9.27. The summed E-state index contributed by atoms with van der Waals surface area (Å²) in [5.41, 5.74) is 4.36. The lowest BCUT2D eigenvalue weighted by Crippen LogP contribution is -2.46. The van der Waals surface area contributed by atoms with E-state index in [9.17, 15) is 14.4 Å². The molecule has 1 amide bonds. The number of nitrogens with zero attached hydrogens (tertiary/aromatic N) is 2. The van der Waals surface area contributed by atoms with Crippen molar-refractivity contribution in [2.75, 3.05) is 5.73 Å². The Bertz CT molecular complexity index is 601. The number of nitrogens with two attached hydrogens (primary N) is 1. The van der Waals surface area contributed by atoms with Gasteiger partial charge in [-0.2, -0.15) is 0 Å². The number of aromatic nitrogens is 2. The summed E-state index contributed by atoms with van der Waals surface area (Å²) in [6, 6.07) is -0.0346. The van der Waals surface area contributed by atoms with Gasteiger partial charge in [0, 0.05) is 18.8 Å². The second-order valence-corrected chi connectivity index (χ2v) is 5.14. The largest absolute Gasteiger partial charge is 0.393 e. The van der Waals surface area contributed by atoms with Gasteiger partial charge in [0.25, 0.3) is 5.56 Å². The van der Waals surface area contributed by atoms with E-state index < -0.39 is 11.2 Å². The molecular weight excluding hydrogens is 260 g/mol. The Balaban J connectivity index is 3.04. The van der Waals surface area contributed by atoms with Crippen LogP contribution in [0.5, 0.6) is 0 Å². The molecule has 1 aromatic rings. The van der Waals surface area contributed by atoms with Gasteiger partial charge in [0.15, 0.2) is 0 Å². The van der Waals surface area contributed by atoms with Crippen molar-refractivity contribution in [3.8, 4) is 0 Å². The van der Waals surface area contributed by atoms with Crippen molar-refractivity contribution in [3.05, 3.63) is 27.0 Å². The molecule has 0 radical (unpaired) electrons. The normalized spacial score (nSPS) is 12.4.